The maximum absolute atomic E-state index is 13.1. The summed E-state index contributed by atoms with van der Waals surface area (Å²) in [4.78, 5) is 39.3. The van der Waals surface area contributed by atoms with Crippen LogP contribution in [0.5, 0.6) is 0 Å². The average Bonchev–Trinajstić information content (AvgIpc) is 3.39. The van der Waals surface area contributed by atoms with Gasteiger partial charge in [-0.3, -0.25) is 13.6 Å². The molecule has 0 amide bonds. The van der Waals surface area contributed by atoms with Crippen molar-refractivity contribution in [3.8, 4) is 0 Å². The molecule has 1 fully saturated rings. The molecule has 2 aromatic rings. The van der Waals surface area contributed by atoms with Gasteiger partial charge in [-0.15, -0.1) is 0 Å². The van der Waals surface area contributed by atoms with Crippen LogP contribution >= 0.6 is 23.5 Å². The van der Waals surface area contributed by atoms with Crippen LogP contribution in [0.25, 0.3) is 11.2 Å². The molecular weight excluding hydrogens is 603 g/mol. The minimum absolute atomic E-state index is 0.0589. The van der Waals surface area contributed by atoms with Gasteiger partial charge in [-0.1, -0.05) is 0 Å². The minimum atomic E-state index is -5.68. The number of aliphatic hydroxyl groups excluding tert-OH is 2. The normalized spacial score (nSPS) is 24.8. The van der Waals surface area contributed by atoms with Crippen LogP contribution in [0.3, 0.4) is 0 Å². The highest BCUT2D eigenvalue weighted by Crippen LogP contribution is 2.68. The van der Waals surface area contributed by atoms with Gasteiger partial charge in [0.2, 0.25) is 0 Å². The number of phosphoric ester groups is 1. The van der Waals surface area contributed by atoms with E-state index in [9.17, 15) is 28.8 Å². The van der Waals surface area contributed by atoms with Crippen molar-refractivity contribution < 1.29 is 61.0 Å². The quantitative estimate of drug-likeness (QED) is 0.0772. The van der Waals surface area contributed by atoms with E-state index < -0.39 is 54.6 Å². The third-order valence-corrected chi connectivity index (χ3v) is 9.63. The van der Waals surface area contributed by atoms with E-state index in [4.69, 9.17) is 35.0 Å². The van der Waals surface area contributed by atoms with Crippen LogP contribution in [0.4, 0.5) is 5.82 Å². The molecule has 1 aliphatic rings. The standard InChI is InChI=1S/C17H32N7O13P3/c18-4-1-2-5-20-6-3-7-33-40(32,37-39(30,31)36-38(27,28)29)34-8-11-13(25)14(26)17(35-11)24-10-23-12-15(19)21-9-22-16(12)24/h9-11,13-14,17,20,25-26H,1-8,18H2,(H,30,31)(H2,19,21,22)(H2,27,28,29)/t11-,13?,14?,17-,40?/m1/s1. The molecule has 228 valence electrons. The van der Waals surface area contributed by atoms with Crippen LogP contribution in [0.2, 0.25) is 0 Å². The summed E-state index contributed by atoms with van der Waals surface area (Å²) in [5.74, 6) is 0.0589. The molecule has 20 nitrogen and oxygen atoms in total. The minimum Gasteiger partial charge on any atom is -0.387 e. The van der Waals surface area contributed by atoms with Crippen LogP contribution in [-0.2, 0) is 36.1 Å². The van der Waals surface area contributed by atoms with Gasteiger partial charge in [0.05, 0.1) is 19.5 Å². The zero-order valence-electron chi connectivity index (χ0n) is 20.9. The summed E-state index contributed by atoms with van der Waals surface area (Å²) in [6.07, 6.45) is -1.63. The third kappa shape index (κ3) is 9.29. The number of ether oxygens (including phenoxy) is 1. The predicted molar refractivity (Wildman–Crippen MR) is 135 cm³/mol. The Kier molecular flexibility index (Phi) is 11.7. The molecule has 0 aliphatic carbocycles. The number of anilines is 1. The molecule has 3 heterocycles. The molecule has 0 bridgehead atoms. The molecule has 40 heavy (non-hydrogen) atoms. The number of phosphoric acid groups is 3. The second kappa shape index (κ2) is 14.2. The molecule has 4 unspecified atom stereocenters. The van der Waals surface area contributed by atoms with Gasteiger partial charge in [0, 0.05) is 0 Å². The van der Waals surface area contributed by atoms with E-state index in [2.05, 4.69) is 28.9 Å². The maximum atomic E-state index is 13.1. The first kappa shape index (κ1) is 33.1. The fourth-order valence-electron chi connectivity index (χ4n) is 3.57. The molecule has 0 saturated carbocycles. The van der Waals surface area contributed by atoms with Gasteiger partial charge in [-0.2, -0.15) is 8.62 Å². The topological polar surface area (TPSA) is 306 Å². The SMILES string of the molecule is NCCCCNCCCOP(=O)(OC[C@H]1O[C@@H](n2cnc3c(N)ncnc32)C(O)C1O)OP(=O)(O)OP(=O)(O)O. The maximum Gasteiger partial charge on any atom is 0.490 e. The summed E-state index contributed by atoms with van der Waals surface area (Å²) >= 11 is 0. The molecule has 2 aromatic heterocycles. The Bertz CT molecular complexity index is 1260. The van der Waals surface area contributed by atoms with Crippen molar-refractivity contribution in [2.45, 2.75) is 43.8 Å². The lowest BCUT2D eigenvalue weighted by molar-refractivity contribution is -0.0513. The first-order valence-corrected chi connectivity index (χ1v) is 16.3. The number of rotatable bonds is 17. The summed E-state index contributed by atoms with van der Waals surface area (Å²) < 4.78 is 61.3. The van der Waals surface area contributed by atoms with E-state index in [0.717, 1.165) is 19.2 Å². The van der Waals surface area contributed by atoms with Crippen LogP contribution in [0.15, 0.2) is 12.7 Å². The van der Waals surface area contributed by atoms with Crippen molar-refractivity contribution >= 4 is 40.4 Å². The summed E-state index contributed by atoms with van der Waals surface area (Å²) in [6, 6.07) is 0. The number of hydrogen-bond acceptors (Lipinski definition) is 16. The number of nitrogens with one attached hydrogen (secondary N) is 1. The number of aromatic nitrogens is 4. The van der Waals surface area contributed by atoms with Crippen molar-refractivity contribution in [1.82, 2.24) is 24.8 Å². The Hall–Kier alpha value is -1.44. The molecule has 10 N–H and O–H groups in total. The van der Waals surface area contributed by atoms with Crippen LogP contribution in [0, 0.1) is 0 Å². The molecule has 0 aromatic carbocycles. The second-order valence-corrected chi connectivity index (χ2v) is 13.1. The van der Waals surface area contributed by atoms with E-state index in [1.807, 2.05) is 0 Å². The molecule has 3 rings (SSSR count). The van der Waals surface area contributed by atoms with Gasteiger partial charge in [0.25, 0.3) is 0 Å². The van der Waals surface area contributed by atoms with Gasteiger partial charge >= 0.3 is 23.5 Å². The molecule has 1 saturated heterocycles. The monoisotopic (exact) mass is 635 g/mol. The number of hydrogen-bond donors (Lipinski definition) is 8. The highest BCUT2D eigenvalue weighted by atomic mass is 31.3. The number of fused-ring (bicyclic) bond motifs is 1. The van der Waals surface area contributed by atoms with Crippen LogP contribution in [0.1, 0.15) is 25.5 Å². The smallest absolute Gasteiger partial charge is 0.387 e. The summed E-state index contributed by atoms with van der Waals surface area (Å²) in [5.41, 5.74) is 11.6. The lowest BCUT2D eigenvalue weighted by Gasteiger charge is -2.22. The number of unbranched alkanes of at least 4 members (excludes halogenated alkanes) is 1. The Balaban J connectivity index is 1.66. The van der Waals surface area contributed by atoms with E-state index >= 15 is 0 Å². The summed E-state index contributed by atoms with van der Waals surface area (Å²) in [5, 5.41) is 24.1. The Labute approximate surface area is 227 Å². The van der Waals surface area contributed by atoms with Crippen molar-refractivity contribution in [3.63, 3.8) is 0 Å². The van der Waals surface area contributed by atoms with E-state index in [0.29, 0.717) is 19.6 Å². The number of aliphatic hydroxyl groups is 2. The molecule has 0 spiro atoms. The van der Waals surface area contributed by atoms with Gasteiger partial charge < -0.3 is 46.4 Å². The van der Waals surface area contributed by atoms with E-state index in [-0.39, 0.29) is 30.0 Å². The lowest BCUT2D eigenvalue weighted by atomic mass is 10.1. The fraction of sp³-hybridized carbons (Fsp3) is 0.706. The van der Waals surface area contributed by atoms with E-state index in [1.165, 1.54) is 10.9 Å². The highest BCUT2D eigenvalue weighted by Gasteiger charge is 2.47. The van der Waals surface area contributed by atoms with Gasteiger partial charge in [-0.25, -0.2) is 28.6 Å². The van der Waals surface area contributed by atoms with Crippen LogP contribution in [-0.4, -0.2) is 95.6 Å². The number of nitrogens with zero attached hydrogens (tertiary/aromatic N) is 4. The largest absolute Gasteiger partial charge is 0.490 e. The van der Waals surface area contributed by atoms with Gasteiger partial charge in [0.1, 0.15) is 30.2 Å². The van der Waals surface area contributed by atoms with Crippen molar-refractivity contribution in [2.24, 2.45) is 5.73 Å². The Morgan fingerprint density at radius 3 is 2.42 bits per heavy atom. The van der Waals surface area contributed by atoms with Gasteiger partial charge in [0.15, 0.2) is 17.7 Å². The van der Waals surface area contributed by atoms with E-state index in [1.54, 1.807) is 0 Å². The van der Waals surface area contributed by atoms with Crippen molar-refractivity contribution in [1.29, 1.82) is 0 Å². The van der Waals surface area contributed by atoms with Crippen molar-refractivity contribution in [3.05, 3.63) is 12.7 Å². The highest BCUT2D eigenvalue weighted by molar-refractivity contribution is 7.66. The summed E-state index contributed by atoms with van der Waals surface area (Å²) in [6.45, 7) is 0.391. The Morgan fingerprint density at radius 2 is 1.73 bits per heavy atom. The fourth-order valence-corrected chi connectivity index (χ4v) is 7.18. The average molecular weight is 635 g/mol. The first-order chi connectivity index (χ1) is 18.8. The molecule has 23 heteroatoms. The number of imidazole rings is 1. The molecule has 6 atom stereocenters. The first-order valence-electron chi connectivity index (χ1n) is 11.8. The predicted octanol–water partition coefficient (Wildman–Crippen LogP) is -0.886. The zero-order valence-corrected chi connectivity index (χ0v) is 23.6. The molecule has 0 radical (unpaired) electrons. The van der Waals surface area contributed by atoms with Crippen LogP contribution < -0.4 is 16.8 Å². The molecular formula is C17H32N7O13P3. The number of nitrogens with two attached hydrogens (primary N) is 2. The lowest BCUT2D eigenvalue weighted by Crippen LogP contribution is -2.33. The third-order valence-electron chi connectivity index (χ3n) is 5.36. The summed E-state index contributed by atoms with van der Waals surface area (Å²) in [7, 11) is -16.3. The molecule has 1 aliphatic heterocycles. The number of nitrogen functional groups attached to an aromatic ring is 1. The van der Waals surface area contributed by atoms with Gasteiger partial charge in [-0.05, 0) is 38.9 Å². The Morgan fingerprint density at radius 1 is 1.00 bits per heavy atom. The zero-order chi connectivity index (χ0) is 29.6. The van der Waals surface area contributed by atoms with Crippen molar-refractivity contribution in [2.75, 3.05) is 38.6 Å². The second-order valence-electron chi connectivity index (χ2n) is 8.43.